The van der Waals surface area contributed by atoms with E-state index in [1.807, 2.05) is 62.4 Å². The topological polar surface area (TPSA) is 111 Å². The summed E-state index contributed by atoms with van der Waals surface area (Å²) in [6.45, 7) is 4.30. The zero-order chi connectivity index (χ0) is 29.1. The molecule has 2 heterocycles. The molecule has 1 aliphatic heterocycles. The number of ether oxygens (including phenoxy) is 4. The van der Waals surface area contributed by atoms with Gasteiger partial charge in [-0.3, -0.25) is 4.79 Å². The summed E-state index contributed by atoms with van der Waals surface area (Å²) in [6, 6.07) is 25.6. The minimum atomic E-state index is -0.564. The molecule has 2 N–H and O–H groups in total. The maximum Gasteiger partial charge on any atom is 0.343 e. The first-order valence-corrected chi connectivity index (χ1v) is 13.4. The number of esters is 1. The number of aromatic nitrogens is 1. The molecule has 0 bridgehead atoms. The average Bonchev–Trinajstić information content (AvgIpc) is 3.64. The van der Waals surface area contributed by atoms with Gasteiger partial charge in [-0.1, -0.05) is 48.5 Å². The number of carbonyl (C=O) groups excluding carboxylic acids is 2. The quantitative estimate of drug-likeness (QED) is 0.100. The Hall–Kier alpha value is -5.57. The molecule has 9 heteroatoms. The van der Waals surface area contributed by atoms with E-state index in [9.17, 15) is 9.59 Å². The molecule has 0 unspecified atom stereocenters. The number of hydrogen-bond donors (Lipinski definition) is 2. The van der Waals surface area contributed by atoms with Crippen LogP contribution in [-0.4, -0.2) is 36.5 Å². The van der Waals surface area contributed by atoms with E-state index in [1.165, 1.54) is 6.21 Å². The number of carbonyl (C=O) groups is 2. The summed E-state index contributed by atoms with van der Waals surface area (Å²) in [5.41, 5.74) is 7.68. The summed E-state index contributed by atoms with van der Waals surface area (Å²) in [5.74, 6) is 0.738. The minimum absolute atomic E-state index is 0.113. The monoisotopic (exact) mass is 561 g/mol. The van der Waals surface area contributed by atoms with E-state index in [0.717, 1.165) is 27.6 Å². The zero-order valence-corrected chi connectivity index (χ0v) is 23.0. The van der Waals surface area contributed by atoms with E-state index in [2.05, 4.69) is 15.5 Å². The largest absolute Gasteiger partial charge is 0.490 e. The Labute approximate surface area is 241 Å². The second-order valence-corrected chi connectivity index (χ2v) is 9.53. The second-order valence-electron chi connectivity index (χ2n) is 9.53. The number of benzene rings is 4. The highest BCUT2D eigenvalue weighted by atomic mass is 16.7. The van der Waals surface area contributed by atoms with Crippen molar-refractivity contribution in [3.05, 3.63) is 107 Å². The van der Waals surface area contributed by atoms with Crippen molar-refractivity contribution in [2.24, 2.45) is 5.10 Å². The third-order valence-corrected chi connectivity index (χ3v) is 6.79. The Morgan fingerprint density at radius 2 is 1.79 bits per heavy atom. The standard InChI is InChI=1S/C33H27N3O6/c1-3-39-27-16-21(12-14-26(27)42-33(38)23-13-15-25-28(17-23)41-19-40-25)18-34-36-32(37)31-29(22-9-5-4-6-10-22)24-11-7-8-20(2)30(24)35-31/h4-18,35H,3,19H2,1-2H3,(H,36,37). The summed E-state index contributed by atoms with van der Waals surface area (Å²) in [5, 5.41) is 5.15. The van der Waals surface area contributed by atoms with Gasteiger partial charge < -0.3 is 23.9 Å². The molecule has 9 nitrogen and oxygen atoms in total. The van der Waals surface area contributed by atoms with Crippen LogP contribution in [0.3, 0.4) is 0 Å². The van der Waals surface area contributed by atoms with Crippen molar-refractivity contribution in [1.82, 2.24) is 10.4 Å². The van der Waals surface area contributed by atoms with Gasteiger partial charge in [0.05, 0.1) is 18.4 Å². The number of rotatable bonds is 8. The van der Waals surface area contributed by atoms with Crippen molar-refractivity contribution >= 4 is 29.0 Å². The van der Waals surface area contributed by atoms with E-state index in [1.54, 1.807) is 36.4 Å². The number of para-hydroxylation sites is 1. The van der Waals surface area contributed by atoms with Gasteiger partial charge in [0.1, 0.15) is 5.69 Å². The van der Waals surface area contributed by atoms with Crippen molar-refractivity contribution in [3.63, 3.8) is 0 Å². The average molecular weight is 562 g/mol. The number of fused-ring (bicyclic) bond motifs is 2. The number of aryl methyl sites for hydroxylation is 1. The molecule has 4 aromatic carbocycles. The van der Waals surface area contributed by atoms with Crippen LogP contribution in [0.1, 0.15) is 38.9 Å². The lowest BCUT2D eigenvalue weighted by atomic mass is 10.0. The molecule has 0 aliphatic carbocycles. The molecule has 1 amide bonds. The molecule has 0 radical (unpaired) electrons. The van der Waals surface area contributed by atoms with E-state index in [-0.39, 0.29) is 18.4 Å². The Morgan fingerprint density at radius 3 is 2.62 bits per heavy atom. The van der Waals surface area contributed by atoms with Gasteiger partial charge in [-0.25, -0.2) is 10.2 Å². The Morgan fingerprint density at radius 1 is 0.952 bits per heavy atom. The fourth-order valence-corrected chi connectivity index (χ4v) is 4.80. The van der Waals surface area contributed by atoms with Crippen LogP contribution < -0.4 is 24.4 Å². The fourth-order valence-electron chi connectivity index (χ4n) is 4.80. The molecular weight excluding hydrogens is 534 g/mol. The predicted molar refractivity (Wildman–Crippen MR) is 159 cm³/mol. The van der Waals surface area contributed by atoms with Gasteiger partial charge in [0.2, 0.25) is 6.79 Å². The van der Waals surface area contributed by atoms with E-state index in [0.29, 0.717) is 40.7 Å². The lowest BCUT2D eigenvalue weighted by Gasteiger charge is -2.11. The molecule has 0 atom stereocenters. The summed E-state index contributed by atoms with van der Waals surface area (Å²) in [4.78, 5) is 29.4. The first kappa shape index (κ1) is 26.6. The molecule has 1 aromatic heterocycles. The van der Waals surface area contributed by atoms with Crippen molar-refractivity contribution in [2.45, 2.75) is 13.8 Å². The molecule has 6 rings (SSSR count). The Kier molecular flexibility index (Phi) is 7.30. The molecule has 5 aromatic rings. The summed E-state index contributed by atoms with van der Waals surface area (Å²) >= 11 is 0. The molecule has 210 valence electrons. The lowest BCUT2D eigenvalue weighted by Crippen LogP contribution is -2.19. The smallest absolute Gasteiger partial charge is 0.343 e. The van der Waals surface area contributed by atoms with E-state index >= 15 is 0 Å². The van der Waals surface area contributed by atoms with Crippen molar-refractivity contribution in [2.75, 3.05) is 13.4 Å². The SMILES string of the molecule is CCOc1cc(C=NNC(=O)c2[nH]c3c(C)cccc3c2-c2ccccc2)ccc1OC(=O)c1ccc2c(c1)OCO2. The Balaban J connectivity index is 1.20. The van der Waals surface area contributed by atoms with Crippen LogP contribution >= 0.6 is 0 Å². The first-order chi connectivity index (χ1) is 20.5. The van der Waals surface area contributed by atoms with Gasteiger partial charge in [0.25, 0.3) is 5.91 Å². The summed E-state index contributed by atoms with van der Waals surface area (Å²) in [7, 11) is 0. The van der Waals surface area contributed by atoms with Crippen LogP contribution in [0.15, 0.2) is 90.0 Å². The van der Waals surface area contributed by atoms with E-state index in [4.69, 9.17) is 18.9 Å². The highest BCUT2D eigenvalue weighted by Crippen LogP contribution is 2.35. The molecule has 0 spiro atoms. The number of hydrogen-bond acceptors (Lipinski definition) is 7. The van der Waals surface area contributed by atoms with Crippen LogP contribution in [0.2, 0.25) is 0 Å². The molecule has 42 heavy (non-hydrogen) atoms. The molecule has 1 aliphatic rings. The van der Waals surface area contributed by atoms with Gasteiger partial charge in [-0.2, -0.15) is 5.10 Å². The number of aromatic amines is 1. The van der Waals surface area contributed by atoms with Crippen molar-refractivity contribution in [3.8, 4) is 34.1 Å². The van der Waals surface area contributed by atoms with Crippen LogP contribution in [0.4, 0.5) is 0 Å². The summed E-state index contributed by atoms with van der Waals surface area (Å²) in [6.07, 6.45) is 1.50. The number of H-pyrrole nitrogens is 1. The second kappa shape index (κ2) is 11.5. The fraction of sp³-hybridized carbons (Fsp3) is 0.121. The van der Waals surface area contributed by atoms with Crippen LogP contribution in [0, 0.1) is 6.92 Å². The summed E-state index contributed by atoms with van der Waals surface area (Å²) < 4.78 is 22.0. The number of amides is 1. The highest BCUT2D eigenvalue weighted by Gasteiger charge is 2.21. The van der Waals surface area contributed by atoms with Gasteiger partial charge >= 0.3 is 5.97 Å². The highest BCUT2D eigenvalue weighted by molar-refractivity contribution is 6.10. The number of nitrogens with zero attached hydrogens (tertiary/aromatic N) is 1. The molecule has 0 saturated carbocycles. The van der Waals surface area contributed by atoms with Gasteiger partial charge in [0.15, 0.2) is 23.0 Å². The molecule has 0 saturated heterocycles. The zero-order valence-electron chi connectivity index (χ0n) is 23.0. The normalized spacial score (nSPS) is 12.0. The van der Waals surface area contributed by atoms with E-state index < -0.39 is 5.97 Å². The minimum Gasteiger partial charge on any atom is -0.490 e. The Bertz CT molecular complexity index is 1830. The van der Waals surface area contributed by atoms with Crippen LogP contribution in [0.25, 0.3) is 22.0 Å². The van der Waals surface area contributed by atoms with Gasteiger partial charge in [-0.15, -0.1) is 0 Å². The third kappa shape index (κ3) is 5.27. The van der Waals surface area contributed by atoms with Crippen molar-refractivity contribution in [1.29, 1.82) is 0 Å². The van der Waals surface area contributed by atoms with Gasteiger partial charge in [-0.05, 0) is 66.9 Å². The maximum atomic E-state index is 13.3. The van der Waals surface area contributed by atoms with Crippen LogP contribution in [-0.2, 0) is 0 Å². The molecule has 0 fully saturated rings. The maximum absolute atomic E-state index is 13.3. The van der Waals surface area contributed by atoms with Crippen molar-refractivity contribution < 1.29 is 28.5 Å². The third-order valence-electron chi connectivity index (χ3n) is 6.79. The predicted octanol–water partition coefficient (Wildman–Crippen LogP) is 6.25. The number of hydrazone groups is 1. The first-order valence-electron chi connectivity index (χ1n) is 13.4. The number of nitrogens with one attached hydrogen (secondary N) is 2. The lowest BCUT2D eigenvalue weighted by molar-refractivity contribution is 0.0727. The van der Waals surface area contributed by atoms with Crippen LogP contribution in [0.5, 0.6) is 23.0 Å². The molecular formula is C33H27N3O6. The van der Waals surface area contributed by atoms with Gasteiger partial charge in [0, 0.05) is 16.5 Å².